The Hall–Kier alpha value is 0.874. The van der Waals surface area contributed by atoms with E-state index in [0.717, 1.165) is 51.4 Å². The van der Waals surface area contributed by atoms with Crippen LogP contribution in [0.4, 0.5) is 0 Å². The van der Waals surface area contributed by atoms with E-state index in [2.05, 4.69) is 27.7 Å². The maximum Gasteiger partial charge on any atom is 2.00 e. The predicted molar refractivity (Wildman–Crippen MR) is 205 cm³/mol. The van der Waals surface area contributed by atoms with E-state index in [4.69, 9.17) is 0 Å². The first-order chi connectivity index (χ1) is 22.2. The smallest absolute Gasteiger partial charge is 0.799 e. The molecule has 47 heavy (non-hydrogen) atoms. The monoisotopic (exact) mass is 749 g/mol. The van der Waals surface area contributed by atoms with Crippen LogP contribution in [0.1, 0.15) is 233 Å². The maximum atomic E-state index is 12.0. The Morgan fingerprint density at radius 2 is 0.404 bits per heavy atom. The van der Waals surface area contributed by atoms with Crippen molar-refractivity contribution in [1.29, 1.82) is 0 Å². The fraction of sp³-hybridized carbons (Fsp3) is 1.00. The SMILES string of the molecule is CCCCCCCCCCP(=O)([O-])CCCCCCCCCC.CCCCCCCCCCP(=O)([O-])CCCCCCCCCC.[Ni+2]. The minimum atomic E-state index is -3.07. The molecule has 0 N–H and O–H groups in total. The van der Waals surface area contributed by atoms with Crippen molar-refractivity contribution in [1.82, 2.24) is 0 Å². The zero-order valence-corrected chi connectivity index (χ0v) is 35.1. The summed E-state index contributed by atoms with van der Waals surface area (Å²) in [6.45, 7) is 8.94. The summed E-state index contributed by atoms with van der Waals surface area (Å²) in [4.78, 5) is 24.0. The van der Waals surface area contributed by atoms with E-state index in [1.54, 1.807) is 0 Å². The fourth-order valence-corrected chi connectivity index (χ4v) is 9.44. The first kappa shape index (κ1) is 52.2. The topological polar surface area (TPSA) is 80.3 Å². The van der Waals surface area contributed by atoms with Gasteiger partial charge in [-0.15, -0.1) is 0 Å². The van der Waals surface area contributed by atoms with E-state index < -0.39 is 14.7 Å². The third-order valence-corrected chi connectivity index (χ3v) is 13.4. The number of hydrogen-bond acceptors (Lipinski definition) is 4. The molecule has 0 aromatic carbocycles. The quantitative estimate of drug-likeness (QED) is 0.0363. The van der Waals surface area contributed by atoms with Gasteiger partial charge in [-0.05, 0) is 50.3 Å². The minimum Gasteiger partial charge on any atom is -0.799 e. The summed E-state index contributed by atoms with van der Waals surface area (Å²) in [5.41, 5.74) is 0. The maximum absolute atomic E-state index is 12.0. The van der Waals surface area contributed by atoms with E-state index in [0.29, 0.717) is 24.6 Å². The zero-order chi connectivity index (χ0) is 34.5. The van der Waals surface area contributed by atoms with Crippen molar-refractivity contribution < 1.29 is 35.4 Å². The molecule has 0 rings (SSSR count). The van der Waals surface area contributed by atoms with Crippen LogP contribution >= 0.6 is 14.7 Å². The molecule has 0 heterocycles. The van der Waals surface area contributed by atoms with Crippen LogP contribution in [0.5, 0.6) is 0 Å². The molecule has 4 nitrogen and oxygen atoms in total. The molecule has 0 bridgehead atoms. The molecule has 0 saturated heterocycles. The first-order valence-corrected chi connectivity index (χ1v) is 24.8. The van der Waals surface area contributed by atoms with E-state index in [1.165, 1.54) is 154 Å². The summed E-state index contributed by atoms with van der Waals surface area (Å²) < 4.78 is 24.0. The van der Waals surface area contributed by atoms with Crippen molar-refractivity contribution in [2.75, 3.05) is 24.6 Å². The summed E-state index contributed by atoms with van der Waals surface area (Å²) in [7, 11) is -6.15. The Balaban J connectivity index is -0.000000807. The Morgan fingerprint density at radius 1 is 0.277 bits per heavy atom. The van der Waals surface area contributed by atoms with Gasteiger partial charge in [0.1, 0.15) is 0 Å². The molecule has 0 atom stereocenters. The van der Waals surface area contributed by atoms with E-state index in [1.807, 2.05) is 0 Å². The van der Waals surface area contributed by atoms with Crippen LogP contribution in [0.25, 0.3) is 0 Å². The minimum absolute atomic E-state index is 0. The Morgan fingerprint density at radius 3 is 0.553 bits per heavy atom. The second kappa shape index (κ2) is 41.3. The van der Waals surface area contributed by atoms with E-state index >= 15 is 0 Å². The van der Waals surface area contributed by atoms with Gasteiger partial charge in [-0.1, -0.05) is 207 Å². The number of rotatable bonds is 36. The van der Waals surface area contributed by atoms with Crippen molar-refractivity contribution >= 4 is 14.7 Å². The second-order valence-corrected chi connectivity index (χ2v) is 19.5. The van der Waals surface area contributed by atoms with Gasteiger partial charge in [-0.2, -0.15) is 0 Å². The van der Waals surface area contributed by atoms with Crippen LogP contribution < -0.4 is 9.79 Å². The molecule has 0 aromatic rings. The summed E-state index contributed by atoms with van der Waals surface area (Å²) in [5.74, 6) is 0. The van der Waals surface area contributed by atoms with Gasteiger partial charge < -0.3 is 18.9 Å². The Bertz CT molecular complexity index is 573. The standard InChI is InChI=1S/2C20H43O2P.Ni/c2*1-3-5-7-9-11-13-15-17-19-23(21,22)20-18-16-14-12-10-8-6-4-2;/h2*3-20H2,1-2H3,(H,21,22);/q;;+2/p-2. The third kappa shape index (κ3) is 46.9. The Labute approximate surface area is 306 Å². The van der Waals surface area contributed by atoms with Crippen molar-refractivity contribution in [3.05, 3.63) is 0 Å². The fourth-order valence-electron chi connectivity index (χ4n) is 6.17. The summed E-state index contributed by atoms with van der Waals surface area (Å²) in [6, 6.07) is 0. The molecule has 0 radical (unpaired) electrons. The summed E-state index contributed by atoms with van der Waals surface area (Å²) >= 11 is 0. The van der Waals surface area contributed by atoms with Crippen molar-refractivity contribution in [2.45, 2.75) is 233 Å². The van der Waals surface area contributed by atoms with Gasteiger partial charge in [-0.3, -0.25) is 0 Å². The largest absolute Gasteiger partial charge is 2.00 e. The Kier molecular flexibility index (Phi) is 45.9. The van der Waals surface area contributed by atoms with Gasteiger partial charge in [0, 0.05) is 14.7 Å². The molecular weight excluding hydrogens is 665 g/mol. The molecule has 0 spiro atoms. The van der Waals surface area contributed by atoms with Gasteiger partial charge in [0.05, 0.1) is 0 Å². The van der Waals surface area contributed by atoms with Crippen molar-refractivity contribution in [3.63, 3.8) is 0 Å². The normalized spacial score (nSPS) is 11.7. The molecule has 288 valence electrons. The van der Waals surface area contributed by atoms with Crippen LogP contribution in [0.15, 0.2) is 0 Å². The first-order valence-electron chi connectivity index (χ1n) is 20.8. The van der Waals surface area contributed by atoms with Crippen LogP contribution in [0.3, 0.4) is 0 Å². The zero-order valence-electron chi connectivity index (χ0n) is 32.3. The molecule has 0 saturated carbocycles. The number of hydrogen-bond donors (Lipinski definition) is 0. The average molecular weight is 750 g/mol. The summed E-state index contributed by atoms with van der Waals surface area (Å²) in [5, 5.41) is 0. The van der Waals surface area contributed by atoms with Gasteiger partial charge in [0.25, 0.3) is 0 Å². The van der Waals surface area contributed by atoms with E-state index in [9.17, 15) is 18.9 Å². The molecular formula is C40H84NiO4P2. The van der Waals surface area contributed by atoms with Gasteiger partial charge >= 0.3 is 16.5 Å². The van der Waals surface area contributed by atoms with Crippen LogP contribution in [-0.4, -0.2) is 24.6 Å². The molecule has 0 amide bonds. The van der Waals surface area contributed by atoms with Gasteiger partial charge in [0.2, 0.25) is 0 Å². The van der Waals surface area contributed by atoms with Crippen LogP contribution in [0.2, 0.25) is 0 Å². The average Bonchev–Trinajstić information content (AvgIpc) is 3.02. The molecule has 0 aliphatic rings. The van der Waals surface area contributed by atoms with Gasteiger partial charge in [0.15, 0.2) is 0 Å². The second-order valence-electron chi connectivity index (χ2n) is 14.4. The molecule has 0 unspecified atom stereocenters. The van der Waals surface area contributed by atoms with Crippen LogP contribution in [-0.2, 0) is 25.6 Å². The van der Waals surface area contributed by atoms with Crippen molar-refractivity contribution in [3.8, 4) is 0 Å². The molecule has 0 aliphatic carbocycles. The molecule has 0 fully saturated rings. The van der Waals surface area contributed by atoms with Crippen molar-refractivity contribution in [2.24, 2.45) is 0 Å². The van der Waals surface area contributed by atoms with E-state index in [-0.39, 0.29) is 16.5 Å². The summed E-state index contributed by atoms with van der Waals surface area (Å²) in [6.07, 6.45) is 40.8. The number of unbranched alkanes of at least 4 members (excludes halogenated alkanes) is 28. The molecule has 7 heteroatoms. The molecule has 0 aliphatic heterocycles. The molecule has 0 aromatic heterocycles. The predicted octanol–water partition coefficient (Wildman–Crippen LogP) is 13.8. The van der Waals surface area contributed by atoms with Crippen LogP contribution in [0, 0.1) is 0 Å². The third-order valence-electron chi connectivity index (χ3n) is 9.41. The van der Waals surface area contributed by atoms with Gasteiger partial charge in [-0.25, -0.2) is 0 Å².